The number of nitrogens with one attached hydrogen (secondary N) is 2. The van der Waals surface area contributed by atoms with Crippen molar-refractivity contribution in [2.75, 3.05) is 0 Å². The van der Waals surface area contributed by atoms with E-state index in [-0.39, 0.29) is 33.0 Å². The van der Waals surface area contributed by atoms with Crippen LogP contribution in [0.5, 0.6) is 0 Å². The second-order valence-corrected chi connectivity index (χ2v) is 9.72. The van der Waals surface area contributed by atoms with Crippen molar-refractivity contribution in [1.29, 1.82) is 0 Å². The zero-order chi connectivity index (χ0) is 17.8. The largest absolute Gasteiger partial charge is 0.307 e. The number of rotatable bonds is 3. The average Bonchev–Trinajstić information content (AvgIpc) is 2.83. The SMILES string of the molecule is CC1(C)CC(NS(=O)(=O)c2ccc(Cl)c3nonc23)CC(C)(C)N1. The molecular formula is C15H21ClN4O3S. The lowest BCUT2D eigenvalue weighted by Gasteiger charge is -2.46. The first-order chi connectivity index (χ1) is 11.0. The zero-order valence-corrected chi connectivity index (χ0v) is 15.6. The van der Waals surface area contributed by atoms with E-state index < -0.39 is 10.0 Å². The summed E-state index contributed by atoms with van der Waals surface area (Å²) >= 11 is 6.00. The van der Waals surface area contributed by atoms with E-state index in [0.29, 0.717) is 17.9 Å². The van der Waals surface area contributed by atoms with Crippen LogP contribution in [0.25, 0.3) is 11.0 Å². The topological polar surface area (TPSA) is 97.1 Å². The van der Waals surface area contributed by atoms with E-state index in [4.69, 9.17) is 11.6 Å². The van der Waals surface area contributed by atoms with Gasteiger partial charge in [-0.15, -0.1) is 0 Å². The van der Waals surface area contributed by atoms with Crippen molar-refractivity contribution in [2.45, 2.75) is 62.6 Å². The van der Waals surface area contributed by atoms with Crippen LogP contribution in [0.3, 0.4) is 0 Å². The Morgan fingerprint density at radius 1 is 1.17 bits per heavy atom. The summed E-state index contributed by atoms with van der Waals surface area (Å²) in [6.45, 7) is 8.27. The number of fused-ring (bicyclic) bond motifs is 1. The van der Waals surface area contributed by atoms with E-state index in [1.54, 1.807) is 0 Å². The number of halogens is 1. The van der Waals surface area contributed by atoms with Crippen LogP contribution < -0.4 is 10.0 Å². The van der Waals surface area contributed by atoms with Crippen LogP contribution in [0, 0.1) is 0 Å². The molecule has 2 aromatic rings. The second kappa shape index (κ2) is 5.66. The van der Waals surface area contributed by atoms with Crippen LogP contribution in [-0.4, -0.2) is 35.9 Å². The molecule has 0 saturated carbocycles. The monoisotopic (exact) mass is 372 g/mol. The van der Waals surface area contributed by atoms with E-state index in [9.17, 15) is 8.42 Å². The number of aromatic nitrogens is 2. The van der Waals surface area contributed by atoms with Gasteiger partial charge < -0.3 is 5.32 Å². The molecule has 7 nitrogen and oxygen atoms in total. The molecule has 1 aromatic heterocycles. The minimum Gasteiger partial charge on any atom is -0.307 e. The fourth-order valence-corrected chi connectivity index (χ4v) is 5.27. The molecule has 1 saturated heterocycles. The third-order valence-corrected chi connectivity index (χ3v) is 5.99. The molecule has 3 rings (SSSR count). The van der Waals surface area contributed by atoms with Gasteiger partial charge >= 0.3 is 0 Å². The molecule has 0 spiro atoms. The molecule has 0 aliphatic carbocycles. The normalized spacial score (nSPS) is 21.2. The van der Waals surface area contributed by atoms with E-state index in [2.05, 4.69) is 52.7 Å². The van der Waals surface area contributed by atoms with E-state index >= 15 is 0 Å². The van der Waals surface area contributed by atoms with Crippen molar-refractivity contribution in [1.82, 2.24) is 20.4 Å². The van der Waals surface area contributed by atoms with Gasteiger partial charge in [-0.25, -0.2) is 17.8 Å². The second-order valence-electron chi connectivity index (χ2n) is 7.63. The fourth-order valence-electron chi connectivity index (χ4n) is 3.72. The number of hydrogen-bond donors (Lipinski definition) is 2. The molecule has 1 aliphatic heterocycles. The Hall–Kier alpha value is -1.22. The Labute approximate surface area is 146 Å². The average molecular weight is 373 g/mol. The van der Waals surface area contributed by atoms with Gasteiger partial charge in [0.2, 0.25) is 10.0 Å². The number of benzene rings is 1. The lowest BCUT2D eigenvalue weighted by atomic mass is 9.80. The number of sulfonamides is 1. The van der Waals surface area contributed by atoms with Crippen molar-refractivity contribution in [3.8, 4) is 0 Å². The minimum absolute atomic E-state index is 0.0253. The maximum atomic E-state index is 12.9. The summed E-state index contributed by atoms with van der Waals surface area (Å²) in [5, 5.41) is 11.2. The maximum Gasteiger partial charge on any atom is 0.243 e. The standard InChI is InChI=1S/C15H21ClN4O3S/c1-14(2)7-9(8-15(3,4)20-14)19-24(21,22)11-6-5-10(16)12-13(11)18-23-17-12/h5-6,9,19-20H,7-8H2,1-4H3. The van der Waals surface area contributed by atoms with Gasteiger partial charge in [-0.05, 0) is 63.0 Å². The minimum atomic E-state index is -3.77. The van der Waals surface area contributed by atoms with E-state index in [0.717, 1.165) is 0 Å². The van der Waals surface area contributed by atoms with Gasteiger partial charge in [0.25, 0.3) is 0 Å². The summed E-state index contributed by atoms with van der Waals surface area (Å²) in [5.74, 6) is 0. The molecule has 2 heterocycles. The van der Waals surface area contributed by atoms with Crippen molar-refractivity contribution in [3.05, 3.63) is 17.2 Å². The summed E-state index contributed by atoms with van der Waals surface area (Å²) < 4.78 is 33.2. The zero-order valence-electron chi connectivity index (χ0n) is 14.1. The quantitative estimate of drug-likeness (QED) is 0.858. The summed E-state index contributed by atoms with van der Waals surface area (Å²) in [7, 11) is -3.77. The predicted octanol–water partition coefficient (Wildman–Crippen LogP) is 2.46. The molecule has 132 valence electrons. The number of hydrogen-bond acceptors (Lipinski definition) is 6. The Balaban J connectivity index is 1.94. The van der Waals surface area contributed by atoms with E-state index in [1.165, 1.54) is 12.1 Å². The van der Waals surface area contributed by atoms with Crippen LogP contribution in [-0.2, 0) is 10.0 Å². The van der Waals surface area contributed by atoms with Gasteiger partial charge in [0.15, 0.2) is 11.0 Å². The van der Waals surface area contributed by atoms with Crippen LogP contribution in [0.4, 0.5) is 0 Å². The third kappa shape index (κ3) is 3.42. The molecule has 1 fully saturated rings. The molecule has 2 N–H and O–H groups in total. The Morgan fingerprint density at radius 3 is 2.38 bits per heavy atom. The molecule has 1 aliphatic rings. The van der Waals surface area contributed by atoms with Crippen LogP contribution in [0.15, 0.2) is 21.7 Å². The van der Waals surface area contributed by atoms with Crippen molar-refractivity contribution in [2.24, 2.45) is 0 Å². The molecule has 0 bridgehead atoms. The Bertz CT molecular complexity index is 860. The Kier molecular flexibility index (Phi) is 4.15. The summed E-state index contributed by atoms with van der Waals surface area (Å²) in [6.07, 6.45) is 1.37. The van der Waals surface area contributed by atoms with Crippen LogP contribution in [0.1, 0.15) is 40.5 Å². The smallest absolute Gasteiger partial charge is 0.243 e. The first kappa shape index (κ1) is 17.6. The van der Waals surface area contributed by atoms with Gasteiger partial charge in [-0.1, -0.05) is 11.6 Å². The highest BCUT2D eigenvalue weighted by atomic mass is 35.5. The highest BCUT2D eigenvalue weighted by Crippen LogP contribution is 2.31. The van der Waals surface area contributed by atoms with Gasteiger partial charge in [-0.3, -0.25) is 0 Å². The predicted molar refractivity (Wildman–Crippen MR) is 91.5 cm³/mol. The first-order valence-corrected chi connectivity index (χ1v) is 9.58. The van der Waals surface area contributed by atoms with Gasteiger partial charge in [0.05, 0.1) is 5.02 Å². The molecule has 0 unspecified atom stereocenters. The highest BCUT2D eigenvalue weighted by molar-refractivity contribution is 7.89. The van der Waals surface area contributed by atoms with E-state index in [1.807, 2.05) is 0 Å². The molecular weight excluding hydrogens is 352 g/mol. The van der Waals surface area contributed by atoms with Gasteiger partial charge in [-0.2, -0.15) is 0 Å². The number of piperidine rings is 1. The third-order valence-electron chi connectivity index (χ3n) is 4.13. The molecule has 1 aromatic carbocycles. The first-order valence-electron chi connectivity index (χ1n) is 7.72. The fraction of sp³-hybridized carbons (Fsp3) is 0.600. The van der Waals surface area contributed by atoms with Crippen LogP contribution >= 0.6 is 11.6 Å². The summed E-state index contributed by atoms with van der Waals surface area (Å²) in [4.78, 5) is 0.0253. The molecule has 0 amide bonds. The molecule has 0 radical (unpaired) electrons. The lowest BCUT2D eigenvalue weighted by Crippen LogP contribution is -2.62. The number of nitrogens with zero attached hydrogens (tertiary/aromatic N) is 2. The maximum absolute atomic E-state index is 12.9. The van der Waals surface area contributed by atoms with Crippen molar-refractivity contribution < 1.29 is 13.0 Å². The lowest BCUT2D eigenvalue weighted by molar-refractivity contribution is 0.157. The summed E-state index contributed by atoms with van der Waals surface area (Å²) in [6, 6.07) is 2.72. The molecule has 0 atom stereocenters. The van der Waals surface area contributed by atoms with Gasteiger partial charge in [0.1, 0.15) is 4.90 Å². The molecule has 24 heavy (non-hydrogen) atoms. The van der Waals surface area contributed by atoms with Crippen molar-refractivity contribution >= 4 is 32.7 Å². The van der Waals surface area contributed by atoms with Gasteiger partial charge in [0, 0.05) is 17.1 Å². The highest BCUT2D eigenvalue weighted by Gasteiger charge is 2.39. The van der Waals surface area contributed by atoms with Crippen molar-refractivity contribution in [3.63, 3.8) is 0 Å². The molecule has 9 heteroatoms. The van der Waals surface area contributed by atoms with Crippen LogP contribution in [0.2, 0.25) is 5.02 Å². The summed E-state index contributed by atoms with van der Waals surface area (Å²) in [5.41, 5.74) is 0.0484. The Morgan fingerprint density at radius 2 is 1.75 bits per heavy atom.